The average Bonchev–Trinajstić information content (AvgIpc) is 2.55. The van der Waals surface area contributed by atoms with Crippen LogP contribution < -0.4 is 0 Å². The number of hydrogen-bond donors (Lipinski definition) is 0. The van der Waals surface area contributed by atoms with E-state index in [-0.39, 0.29) is 0 Å². The predicted molar refractivity (Wildman–Crippen MR) is 54.7 cm³/mol. The lowest BCUT2D eigenvalue weighted by Gasteiger charge is -1.99. The molecule has 3 heteroatoms. The van der Waals surface area contributed by atoms with Gasteiger partial charge >= 0.3 is 0 Å². The van der Waals surface area contributed by atoms with Gasteiger partial charge in [0.05, 0.1) is 23.1 Å². The molecule has 0 aromatic carbocycles. The van der Waals surface area contributed by atoms with Crippen molar-refractivity contribution in [3.8, 4) is 0 Å². The molecular weight excluding hydrogens is 168 g/mol. The zero-order valence-electron chi connectivity index (χ0n) is 8.59. The summed E-state index contributed by atoms with van der Waals surface area (Å²) in [4.78, 5) is 0. The molecular formula is C9H18N2S. The van der Waals surface area contributed by atoms with Gasteiger partial charge in [0.25, 0.3) is 0 Å². The third kappa shape index (κ3) is 2.89. The van der Waals surface area contributed by atoms with Crippen molar-refractivity contribution in [1.29, 1.82) is 0 Å². The van der Waals surface area contributed by atoms with E-state index in [1.165, 1.54) is 23.1 Å². The molecule has 0 saturated heterocycles. The number of aryl methyl sites for hydroxylation is 1. The highest BCUT2D eigenvalue weighted by Crippen LogP contribution is 2.16. The van der Waals surface area contributed by atoms with Crippen LogP contribution >= 0.6 is 11.7 Å². The van der Waals surface area contributed by atoms with Crippen LogP contribution in [-0.2, 0) is 6.42 Å². The molecule has 0 fully saturated rings. The lowest BCUT2D eigenvalue weighted by Crippen LogP contribution is -1.93. The van der Waals surface area contributed by atoms with Crippen LogP contribution in [0.5, 0.6) is 0 Å². The van der Waals surface area contributed by atoms with Crippen LogP contribution in [0.3, 0.4) is 0 Å². The summed E-state index contributed by atoms with van der Waals surface area (Å²) in [5.41, 5.74) is 2.34. The van der Waals surface area contributed by atoms with Gasteiger partial charge in [0, 0.05) is 0 Å². The molecule has 0 unspecified atom stereocenters. The maximum atomic E-state index is 4.22. The van der Waals surface area contributed by atoms with Crippen LogP contribution in [0.1, 0.15) is 51.9 Å². The number of hydrogen-bond acceptors (Lipinski definition) is 3. The molecule has 12 heavy (non-hydrogen) atoms. The van der Waals surface area contributed by atoms with E-state index in [0.29, 0.717) is 5.92 Å². The van der Waals surface area contributed by atoms with Crippen LogP contribution in [0.2, 0.25) is 0 Å². The minimum absolute atomic E-state index is 0.522. The van der Waals surface area contributed by atoms with Crippen LogP contribution in [0.25, 0.3) is 0 Å². The van der Waals surface area contributed by atoms with Crippen LogP contribution in [0.4, 0.5) is 0 Å². The fourth-order valence-electron chi connectivity index (χ4n) is 0.897. The smallest absolute Gasteiger partial charge is 0.0800 e. The van der Waals surface area contributed by atoms with Crippen LogP contribution in [0.15, 0.2) is 0 Å². The van der Waals surface area contributed by atoms with Crippen molar-refractivity contribution in [2.24, 2.45) is 0 Å². The van der Waals surface area contributed by atoms with E-state index in [2.05, 4.69) is 29.5 Å². The highest BCUT2D eigenvalue weighted by Gasteiger charge is 2.08. The van der Waals surface area contributed by atoms with Gasteiger partial charge in [-0.3, -0.25) is 0 Å². The molecule has 0 aliphatic heterocycles. The zero-order chi connectivity index (χ0) is 9.56. The number of nitrogens with zero attached hydrogens (tertiary/aromatic N) is 2. The second-order valence-corrected chi connectivity index (χ2v) is 3.13. The molecule has 0 atom stereocenters. The Balaban J connectivity index is 0.000000561. The number of aromatic nitrogens is 2. The molecule has 1 heterocycles. The van der Waals surface area contributed by atoms with E-state index in [9.17, 15) is 0 Å². The van der Waals surface area contributed by atoms with Gasteiger partial charge < -0.3 is 0 Å². The van der Waals surface area contributed by atoms with Crippen molar-refractivity contribution in [2.45, 2.75) is 47.0 Å². The lowest BCUT2D eigenvalue weighted by atomic mass is 10.1. The monoisotopic (exact) mass is 186 g/mol. The number of rotatable bonds is 2. The topological polar surface area (TPSA) is 25.8 Å². The Morgan fingerprint density at radius 1 is 1.25 bits per heavy atom. The average molecular weight is 186 g/mol. The van der Waals surface area contributed by atoms with Crippen molar-refractivity contribution in [1.82, 2.24) is 8.75 Å². The summed E-state index contributed by atoms with van der Waals surface area (Å²) in [7, 11) is 0. The molecule has 0 saturated carbocycles. The van der Waals surface area contributed by atoms with E-state index < -0.39 is 0 Å². The second kappa shape index (κ2) is 6.12. The van der Waals surface area contributed by atoms with Crippen molar-refractivity contribution in [2.75, 3.05) is 0 Å². The van der Waals surface area contributed by atoms with E-state index in [4.69, 9.17) is 0 Å². The van der Waals surface area contributed by atoms with E-state index >= 15 is 0 Å². The molecule has 0 amide bonds. The van der Waals surface area contributed by atoms with Crippen molar-refractivity contribution in [3.63, 3.8) is 0 Å². The highest BCUT2D eigenvalue weighted by molar-refractivity contribution is 6.99. The maximum Gasteiger partial charge on any atom is 0.0800 e. The van der Waals surface area contributed by atoms with Gasteiger partial charge in [-0.15, -0.1) is 0 Å². The Bertz CT molecular complexity index is 206. The van der Waals surface area contributed by atoms with Gasteiger partial charge in [-0.25, -0.2) is 0 Å². The Morgan fingerprint density at radius 3 is 2.17 bits per heavy atom. The standard InChI is InChI=1S/C7H12N2S.C2H6/c1-4-6-7(5(2)3)9-10-8-6;1-2/h5H,4H2,1-3H3;1-2H3. The molecule has 0 bridgehead atoms. The van der Waals surface area contributed by atoms with Gasteiger partial charge in [0.1, 0.15) is 0 Å². The highest BCUT2D eigenvalue weighted by atomic mass is 32.1. The van der Waals surface area contributed by atoms with Gasteiger partial charge in [-0.1, -0.05) is 34.6 Å². The molecule has 0 aliphatic carbocycles. The summed E-state index contributed by atoms with van der Waals surface area (Å²) < 4.78 is 8.40. The summed E-state index contributed by atoms with van der Waals surface area (Å²) >= 11 is 1.32. The van der Waals surface area contributed by atoms with Crippen molar-refractivity contribution in [3.05, 3.63) is 11.4 Å². The molecule has 0 radical (unpaired) electrons. The van der Waals surface area contributed by atoms with E-state index in [1.54, 1.807) is 0 Å². The first kappa shape index (κ1) is 11.6. The molecule has 0 aliphatic rings. The second-order valence-electron chi connectivity index (χ2n) is 2.60. The maximum absolute atomic E-state index is 4.22. The molecule has 70 valence electrons. The largest absolute Gasteiger partial charge is 0.178 e. The summed E-state index contributed by atoms with van der Waals surface area (Å²) in [5.74, 6) is 0.522. The van der Waals surface area contributed by atoms with Gasteiger partial charge in [-0.05, 0) is 12.3 Å². The first-order valence-electron chi connectivity index (χ1n) is 4.57. The molecule has 2 nitrogen and oxygen atoms in total. The Labute approximate surface area is 79.4 Å². The van der Waals surface area contributed by atoms with Gasteiger partial charge in [0.2, 0.25) is 0 Å². The Hall–Kier alpha value is -0.440. The fraction of sp³-hybridized carbons (Fsp3) is 0.778. The summed E-state index contributed by atoms with van der Waals surface area (Å²) in [5, 5.41) is 0. The van der Waals surface area contributed by atoms with E-state index in [1.807, 2.05) is 13.8 Å². The normalized spacial score (nSPS) is 9.50. The third-order valence-electron chi connectivity index (χ3n) is 1.47. The SMILES string of the molecule is CC.CCc1nsnc1C(C)C. The van der Waals surface area contributed by atoms with Crippen LogP contribution in [-0.4, -0.2) is 8.75 Å². The first-order chi connectivity index (χ1) is 5.75. The third-order valence-corrected chi connectivity index (χ3v) is 2.05. The van der Waals surface area contributed by atoms with E-state index in [0.717, 1.165) is 6.42 Å². The minimum Gasteiger partial charge on any atom is -0.178 e. The molecule has 0 spiro atoms. The molecule has 0 N–H and O–H groups in total. The predicted octanol–water partition coefficient (Wildman–Crippen LogP) is 3.25. The summed E-state index contributed by atoms with van der Waals surface area (Å²) in [6, 6.07) is 0. The van der Waals surface area contributed by atoms with Crippen LogP contribution in [0, 0.1) is 0 Å². The molecule has 1 rings (SSSR count). The van der Waals surface area contributed by atoms with Gasteiger partial charge in [0.15, 0.2) is 0 Å². The van der Waals surface area contributed by atoms with Gasteiger partial charge in [-0.2, -0.15) is 8.75 Å². The zero-order valence-corrected chi connectivity index (χ0v) is 9.40. The summed E-state index contributed by atoms with van der Waals surface area (Å²) in [6.45, 7) is 10.4. The fourth-order valence-corrected chi connectivity index (χ4v) is 1.66. The minimum atomic E-state index is 0.522. The molecule has 1 aromatic rings. The quantitative estimate of drug-likeness (QED) is 0.708. The molecule has 1 aromatic heterocycles. The lowest BCUT2D eigenvalue weighted by molar-refractivity contribution is 0.812. The van der Waals surface area contributed by atoms with Crippen molar-refractivity contribution >= 4 is 11.7 Å². The Morgan fingerprint density at radius 2 is 1.83 bits per heavy atom. The summed E-state index contributed by atoms with van der Waals surface area (Å²) in [6.07, 6.45) is 1.00. The van der Waals surface area contributed by atoms with Crippen molar-refractivity contribution < 1.29 is 0 Å². The first-order valence-corrected chi connectivity index (χ1v) is 5.30. The Kier molecular flexibility index (Phi) is 5.89.